The van der Waals surface area contributed by atoms with Gasteiger partial charge in [0, 0.05) is 38.2 Å². The number of carboxylic acid groups (broad SMARTS) is 1. The maximum atomic E-state index is 11.4. The van der Waals surface area contributed by atoms with Crippen LogP contribution in [0.2, 0.25) is 0 Å². The van der Waals surface area contributed by atoms with Crippen molar-refractivity contribution in [3.05, 3.63) is 23.5 Å². The molecule has 0 radical (unpaired) electrons. The molecule has 0 spiro atoms. The summed E-state index contributed by atoms with van der Waals surface area (Å²) in [6.07, 6.45) is 1.40. The van der Waals surface area contributed by atoms with Crippen molar-refractivity contribution in [2.24, 2.45) is 0 Å². The van der Waals surface area contributed by atoms with Crippen LogP contribution in [0.5, 0.6) is 0 Å². The first-order valence-electron chi connectivity index (χ1n) is 7.20. The van der Waals surface area contributed by atoms with E-state index in [-0.39, 0.29) is 5.56 Å². The summed E-state index contributed by atoms with van der Waals surface area (Å²) in [5.74, 6) is -0.977. The summed E-state index contributed by atoms with van der Waals surface area (Å²) < 4.78 is 10.8. The zero-order valence-electron chi connectivity index (χ0n) is 13.0. The second-order valence-electron chi connectivity index (χ2n) is 4.53. The van der Waals surface area contributed by atoms with Gasteiger partial charge in [0.15, 0.2) is 0 Å². The number of ether oxygens (including phenoxy) is 2. The Labute approximate surface area is 125 Å². The number of hydrogen-bond acceptors (Lipinski definition) is 5. The molecule has 0 fully saturated rings. The van der Waals surface area contributed by atoms with Gasteiger partial charge in [0.25, 0.3) is 0 Å². The summed E-state index contributed by atoms with van der Waals surface area (Å²) in [6.45, 7) is 9.31. The van der Waals surface area contributed by atoms with Crippen molar-refractivity contribution < 1.29 is 19.4 Å². The van der Waals surface area contributed by atoms with Crippen LogP contribution in [0, 0.1) is 6.92 Å². The third-order valence-electron chi connectivity index (χ3n) is 3.01. The molecule has 0 unspecified atom stereocenters. The lowest BCUT2D eigenvalue weighted by Gasteiger charge is -2.26. The van der Waals surface area contributed by atoms with Gasteiger partial charge in [0.05, 0.1) is 18.9 Å². The molecule has 1 aromatic rings. The van der Waals surface area contributed by atoms with Gasteiger partial charge in [-0.05, 0) is 26.8 Å². The van der Waals surface area contributed by atoms with Gasteiger partial charge in [-0.2, -0.15) is 0 Å². The summed E-state index contributed by atoms with van der Waals surface area (Å²) in [6, 6.07) is 1.79. The molecule has 0 aliphatic rings. The van der Waals surface area contributed by atoms with Crippen molar-refractivity contribution in [3.63, 3.8) is 0 Å². The molecule has 1 aromatic heterocycles. The summed E-state index contributed by atoms with van der Waals surface area (Å²) in [7, 11) is 0. The molecular formula is C15H24N2O4. The lowest BCUT2D eigenvalue weighted by Crippen LogP contribution is -2.32. The maximum absolute atomic E-state index is 11.4. The lowest BCUT2D eigenvalue weighted by molar-refractivity contribution is 0.0696. The molecule has 0 bridgehead atoms. The summed E-state index contributed by atoms with van der Waals surface area (Å²) >= 11 is 0. The lowest BCUT2D eigenvalue weighted by atomic mass is 10.2. The topological polar surface area (TPSA) is 71.9 Å². The van der Waals surface area contributed by atoms with Gasteiger partial charge >= 0.3 is 5.97 Å². The van der Waals surface area contributed by atoms with Crippen LogP contribution in [0.4, 0.5) is 5.69 Å². The van der Waals surface area contributed by atoms with Gasteiger partial charge in [-0.1, -0.05) is 0 Å². The Balaban J connectivity index is 2.93. The van der Waals surface area contributed by atoms with E-state index in [4.69, 9.17) is 9.47 Å². The summed E-state index contributed by atoms with van der Waals surface area (Å²) in [5.41, 5.74) is 1.65. The van der Waals surface area contributed by atoms with Crippen LogP contribution in [0.25, 0.3) is 0 Å². The highest BCUT2D eigenvalue weighted by atomic mass is 16.5. The number of carbonyl (C=O) groups is 1. The fraction of sp³-hybridized carbons (Fsp3) is 0.600. The maximum Gasteiger partial charge on any atom is 0.339 e. The van der Waals surface area contributed by atoms with Crippen LogP contribution in [0.3, 0.4) is 0 Å². The smallest absolute Gasteiger partial charge is 0.339 e. The van der Waals surface area contributed by atoms with E-state index in [1.54, 1.807) is 6.07 Å². The molecule has 1 N–H and O–H groups in total. The third kappa shape index (κ3) is 5.69. The Morgan fingerprint density at radius 1 is 1.24 bits per heavy atom. The van der Waals surface area contributed by atoms with Crippen LogP contribution in [0.15, 0.2) is 12.3 Å². The number of carboxylic acids is 1. The SMILES string of the molecule is CCOCCN(CCOCC)c1cc(C)ncc1C(=O)O. The van der Waals surface area contributed by atoms with Crippen molar-refractivity contribution >= 4 is 11.7 Å². The molecule has 6 nitrogen and oxygen atoms in total. The van der Waals surface area contributed by atoms with Crippen molar-refractivity contribution in [3.8, 4) is 0 Å². The predicted molar refractivity (Wildman–Crippen MR) is 81.1 cm³/mol. The largest absolute Gasteiger partial charge is 0.478 e. The molecule has 0 amide bonds. The van der Waals surface area contributed by atoms with E-state index >= 15 is 0 Å². The highest BCUT2D eigenvalue weighted by Crippen LogP contribution is 2.21. The van der Waals surface area contributed by atoms with E-state index in [2.05, 4.69) is 4.98 Å². The normalized spacial score (nSPS) is 10.6. The molecule has 118 valence electrons. The first kappa shape index (κ1) is 17.4. The number of aromatic carboxylic acids is 1. The highest BCUT2D eigenvalue weighted by Gasteiger charge is 2.17. The zero-order chi connectivity index (χ0) is 15.7. The number of pyridine rings is 1. The third-order valence-corrected chi connectivity index (χ3v) is 3.01. The number of nitrogens with zero attached hydrogens (tertiary/aromatic N) is 2. The Morgan fingerprint density at radius 2 is 1.81 bits per heavy atom. The van der Waals surface area contributed by atoms with Crippen molar-refractivity contribution in [2.45, 2.75) is 20.8 Å². The molecule has 0 aliphatic carbocycles. The quantitative estimate of drug-likeness (QED) is 0.666. The van der Waals surface area contributed by atoms with Gasteiger partial charge < -0.3 is 19.5 Å². The van der Waals surface area contributed by atoms with Crippen molar-refractivity contribution in [1.29, 1.82) is 0 Å². The molecule has 0 saturated carbocycles. The van der Waals surface area contributed by atoms with Crippen LogP contribution < -0.4 is 4.90 Å². The monoisotopic (exact) mass is 296 g/mol. The molecule has 0 aliphatic heterocycles. The van der Waals surface area contributed by atoms with E-state index in [1.165, 1.54) is 6.20 Å². The fourth-order valence-electron chi connectivity index (χ4n) is 1.96. The van der Waals surface area contributed by atoms with Crippen LogP contribution >= 0.6 is 0 Å². The highest BCUT2D eigenvalue weighted by molar-refractivity contribution is 5.94. The van der Waals surface area contributed by atoms with Gasteiger partial charge in [-0.3, -0.25) is 4.98 Å². The van der Waals surface area contributed by atoms with Gasteiger partial charge in [0.2, 0.25) is 0 Å². The van der Waals surface area contributed by atoms with Crippen molar-refractivity contribution in [2.75, 3.05) is 44.4 Å². The molecule has 0 atom stereocenters. The second kappa shape index (κ2) is 9.31. The Kier molecular flexibility index (Phi) is 7.71. The minimum absolute atomic E-state index is 0.202. The van der Waals surface area contributed by atoms with Gasteiger partial charge in [-0.25, -0.2) is 4.79 Å². The Hall–Kier alpha value is -1.66. The summed E-state index contributed by atoms with van der Waals surface area (Å²) in [5, 5.41) is 9.32. The number of anilines is 1. The first-order valence-corrected chi connectivity index (χ1v) is 7.20. The fourth-order valence-corrected chi connectivity index (χ4v) is 1.96. The van der Waals surface area contributed by atoms with Gasteiger partial charge in [-0.15, -0.1) is 0 Å². The van der Waals surface area contributed by atoms with Crippen LogP contribution in [0.1, 0.15) is 29.9 Å². The zero-order valence-corrected chi connectivity index (χ0v) is 13.0. The van der Waals surface area contributed by atoms with E-state index in [9.17, 15) is 9.90 Å². The molecule has 0 saturated heterocycles. The summed E-state index contributed by atoms with van der Waals surface area (Å²) in [4.78, 5) is 17.4. The van der Waals surface area contributed by atoms with E-state index in [1.807, 2.05) is 25.7 Å². The minimum Gasteiger partial charge on any atom is -0.478 e. The van der Waals surface area contributed by atoms with Crippen molar-refractivity contribution in [1.82, 2.24) is 4.98 Å². The number of rotatable bonds is 10. The van der Waals surface area contributed by atoms with E-state index in [0.717, 1.165) is 5.69 Å². The number of hydrogen-bond donors (Lipinski definition) is 1. The van der Waals surface area contributed by atoms with Crippen LogP contribution in [-0.2, 0) is 9.47 Å². The molecule has 1 rings (SSSR count). The Bertz CT molecular complexity index is 441. The second-order valence-corrected chi connectivity index (χ2v) is 4.53. The number of aromatic nitrogens is 1. The molecule has 6 heteroatoms. The molecule has 0 aromatic carbocycles. The van der Waals surface area contributed by atoms with E-state index in [0.29, 0.717) is 45.2 Å². The number of aryl methyl sites for hydroxylation is 1. The van der Waals surface area contributed by atoms with E-state index < -0.39 is 5.97 Å². The van der Waals surface area contributed by atoms with Gasteiger partial charge in [0.1, 0.15) is 5.56 Å². The first-order chi connectivity index (χ1) is 10.1. The minimum atomic E-state index is -0.977. The Morgan fingerprint density at radius 3 is 2.29 bits per heavy atom. The standard InChI is InChI=1S/C15H24N2O4/c1-4-20-8-6-17(7-9-21-5-2)14-10-12(3)16-11-13(14)15(18)19/h10-11H,4-9H2,1-3H3,(H,18,19). The van der Waals surface area contributed by atoms with Crippen LogP contribution in [-0.4, -0.2) is 55.6 Å². The molecule has 1 heterocycles. The average Bonchev–Trinajstić information content (AvgIpc) is 2.45. The predicted octanol–water partition coefficient (Wildman–Crippen LogP) is 1.97. The average molecular weight is 296 g/mol. The molecule has 21 heavy (non-hydrogen) atoms. The molecular weight excluding hydrogens is 272 g/mol.